The number of hydrogen-bond donors (Lipinski definition) is 1. The summed E-state index contributed by atoms with van der Waals surface area (Å²) in [5.74, 6) is -0.00239. The second-order valence-electron chi connectivity index (χ2n) is 3.14. The molecule has 0 fully saturated rings. The van der Waals surface area contributed by atoms with Crippen molar-refractivity contribution in [2.75, 3.05) is 5.73 Å². The molecule has 0 radical (unpaired) electrons. The van der Waals surface area contributed by atoms with Crippen LogP contribution in [0.2, 0.25) is 5.02 Å². The Morgan fingerprint density at radius 3 is 2.79 bits per heavy atom. The average molecular weight is 211 g/mol. The van der Waals surface area contributed by atoms with E-state index in [1.165, 1.54) is 12.1 Å². The number of rotatable bonds is 0. The molecular weight excluding hydrogens is 203 g/mol. The van der Waals surface area contributed by atoms with Crippen molar-refractivity contribution in [3.05, 3.63) is 34.6 Å². The topological polar surface area (TPSA) is 38.9 Å². The zero-order chi connectivity index (χ0) is 10.3. The first-order valence-corrected chi connectivity index (χ1v) is 4.47. The number of hydrogen-bond acceptors (Lipinski definition) is 2. The maximum atomic E-state index is 13.0. The Balaban J connectivity index is 2.89. The maximum absolute atomic E-state index is 13.0. The van der Waals surface area contributed by atoms with Crippen LogP contribution >= 0.6 is 11.6 Å². The SMILES string of the molecule is Cc1cc2c(Cl)cc(F)cc2nc1N. The van der Waals surface area contributed by atoms with Gasteiger partial charge in [-0.3, -0.25) is 0 Å². The third kappa shape index (κ3) is 1.40. The number of fused-ring (bicyclic) bond motifs is 1. The van der Waals surface area contributed by atoms with Crippen molar-refractivity contribution < 1.29 is 4.39 Å². The van der Waals surface area contributed by atoms with Crippen molar-refractivity contribution in [1.29, 1.82) is 0 Å². The van der Waals surface area contributed by atoms with Gasteiger partial charge in [-0.2, -0.15) is 0 Å². The zero-order valence-electron chi connectivity index (χ0n) is 7.51. The number of nitrogen functional groups attached to an aromatic ring is 1. The Morgan fingerprint density at radius 2 is 2.07 bits per heavy atom. The molecule has 14 heavy (non-hydrogen) atoms. The molecule has 1 aromatic carbocycles. The lowest BCUT2D eigenvalue weighted by molar-refractivity contribution is 0.629. The molecule has 1 aromatic heterocycles. The Morgan fingerprint density at radius 1 is 1.36 bits per heavy atom. The van der Waals surface area contributed by atoms with Crippen molar-refractivity contribution in [3.63, 3.8) is 0 Å². The number of aromatic nitrogens is 1. The van der Waals surface area contributed by atoms with Crippen LogP contribution in [0.15, 0.2) is 18.2 Å². The quantitative estimate of drug-likeness (QED) is 0.726. The summed E-state index contributed by atoms with van der Waals surface area (Å²) in [5, 5.41) is 1.08. The average Bonchev–Trinajstić information content (AvgIpc) is 2.08. The number of aryl methyl sites for hydroxylation is 1. The van der Waals surface area contributed by atoms with Gasteiger partial charge in [-0.15, -0.1) is 0 Å². The van der Waals surface area contributed by atoms with Gasteiger partial charge in [0, 0.05) is 11.5 Å². The minimum absolute atomic E-state index is 0.357. The van der Waals surface area contributed by atoms with Gasteiger partial charge < -0.3 is 5.73 Å². The third-order valence-electron chi connectivity index (χ3n) is 2.08. The molecule has 0 saturated heterocycles. The van der Waals surface area contributed by atoms with Gasteiger partial charge in [-0.05, 0) is 24.6 Å². The molecule has 0 saturated carbocycles. The van der Waals surface area contributed by atoms with Gasteiger partial charge in [0.1, 0.15) is 11.6 Å². The molecule has 2 rings (SSSR count). The molecule has 0 aliphatic rings. The van der Waals surface area contributed by atoms with E-state index in [-0.39, 0.29) is 0 Å². The normalized spacial score (nSPS) is 10.8. The highest BCUT2D eigenvalue weighted by atomic mass is 35.5. The van der Waals surface area contributed by atoms with E-state index in [2.05, 4.69) is 4.98 Å². The van der Waals surface area contributed by atoms with E-state index in [9.17, 15) is 4.39 Å². The number of pyridine rings is 1. The largest absolute Gasteiger partial charge is 0.383 e. The molecule has 0 bridgehead atoms. The van der Waals surface area contributed by atoms with E-state index in [1.54, 1.807) is 6.07 Å². The smallest absolute Gasteiger partial charge is 0.127 e. The second-order valence-corrected chi connectivity index (χ2v) is 3.55. The summed E-state index contributed by atoms with van der Waals surface area (Å²) in [6.45, 7) is 1.83. The first-order valence-electron chi connectivity index (χ1n) is 4.10. The number of nitrogens with zero attached hydrogens (tertiary/aromatic N) is 1. The van der Waals surface area contributed by atoms with Crippen LogP contribution < -0.4 is 5.73 Å². The summed E-state index contributed by atoms with van der Waals surface area (Å²) in [7, 11) is 0. The highest BCUT2D eigenvalue weighted by molar-refractivity contribution is 6.35. The predicted molar refractivity (Wildman–Crippen MR) is 55.9 cm³/mol. The molecule has 2 aromatic rings. The van der Waals surface area contributed by atoms with Crippen LogP contribution in [0, 0.1) is 12.7 Å². The Labute approximate surface area is 85.5 Å². The van der Waals surface area contributed by atoms with Crippen molar-refractivity contribution in [1.82, 2.24) is 4.98 Å². The van der Waals surface area contributed by atoms with Crippen LogP contribution in [0.4, 0.5) is 10.2 Å². The second kappa shape index (κ2) is 3.10. The molecule has 2 nitrogen and oxygen atoms in total. The number of anilines is 1. The van der Waals surface area contributed by atoms with Gasteiger partial charge >= 0.3 is 0 Å². The van der Waals surface area contributed by atoms with Gasteiger partial charge in [-0.25, -0.2) is 9.37 Å². The highest BCUT2D eigenvalue weighted by Crippen LogP contribution is 2.26. The third-order valence-corrected chi connectivity index (χ3v) is 2.39. The summed E-state index contributed by atoms with van der Waals surface area (Å²) < 4.78 is 13.0. The fourth-order valence-corrected chi connectivity index (χ4v) is 1.57. The summed E-state index contributed by atoms with van der Waals surface area (Å²) in [4.78, 5) is 4.05. The van der Waals surface area contributed by atoms with Gasteiger partial charge in [0.25, 0.3) is 0 Å². The summed E-state index contributed by atoms with van der Waals surface area (Å²) >= 11 is 5.87. The zero-order valence-corrected chi connectivity index (χ0v) is 8.27. The Hall–Kier alpha value is -1.35. The molecule has 0 amide bonds. The Bertz CT molecular complexity index is 511. The lowest BCUT2D eigenvalue weighted by Crippen LogP contribution is -1.95. The summed E-state index contributed by atoms with van der Waals surface area (Å²) in [6.07, 6.45) is 0. The monoisotopic (exact) mass is 210 g/mol. The van der Waals surface area contributed by atoms with Crippen molar-refractivity contribution >= 4 is 28.3 Å². The molecule has 72 valence electrons. The lowest BCUT2D eigenvalue weighted by Gasteiger charge is -2.04. The minimum Gasteiger partial charge on any atom is -0.383 e. The molecule has 4 heteroatoms. The van der Waals surface area contributed by atoms with Crippen molar-refractivity contribution in [2.45, 2.75) is 6.92 Å². The van der Waals surface area contributed by atoms with Gasteiger partial charge in [-0.1, -0.05) is 11.6 Å². The number of benzene rings is 1. The fraction of sp³-hybridized carbons (Fsp3) is 0.100. The predicted octanol–water partition coefficient (Wildman–Crippen LogP) is 2.92. The molecular formula is C10H8ClFN2. The van der Waals surface area contributed by atoms with E-state index >= 15 is 0 Å². The van der Waals surface area contributed by atoms with Crippen LogP contribution in [-0.4, -0.2) is 4.98 Å². The van der Waals surface area contributed by atoms with Crippen molar-refractivity contribution in [3.8, 4) is 0 Å². The van der Waals surface area contributed by atoms with E-state index < -0.39 is 5.82 Å². The summed E-state index contributed by atoms with van der Waals surface area (Å²) in [5.41, 5.74) is 6.93. The van der Waals surface area contributed by atoms with Crippen LogP contribution in [0.1, 0.15) is 5.56 Å². The molecule has 1 heterocycles. The standard InChI is InChI=1S/C10H8ClFN2/c1-5-2-7-8(11)3-6(12)4-9(7)14-10(5)13/h2-4H,1H3,(H2,13,14). The van der Waals surface area contributed by atoms with E-state index in [4.69, 9.17) is 17.3 Å². The number of halogens is 2. The van der Waals surface area contributed by atoms with E-state index in [0.717, 1.165) is 10.9 Å². The maximum Gasteiger partial charge on any atom is 0.127 e. The van der Waals surface area contributed by atoms with Crippen LogP contribution in [0.3, 0.4) is 0 Å². The first-order chi connectivity index (χ1) is 6.58. The van der Waals surface area contributed by atoms with Gasteiger partial charge in [0.2, 0.25) is 0 Å². The van der Waals surface area contributed by atoms with Gasteiger partial charge in [0.15, 0.2) is 0 Å². The summed E-state index contributed by atoms with van der Waals surface area (Å²) in [6, 6.07) is 4.39. The molecule has 0 aliphatic carbocycles. The fourth-order valence-electron chi connectivity index (χ4n) is 1.31. The molecule has 0 atom stereocenters. The van der Waals surface area contributed by atoms with Crippen LogP contribution in [0.25, 0.3) is 10.9 Å². The molecule has 0 spiro atoms. The minimum atomic E-state index is -0.404. The van der Waals surface area contributed by atoms with E-state index in [1.807, 2.05) is 6.92 Å². The van der Waals surface area contributed by atoms with Gasteiger partial charge in [0.05, 0.1) is 10.5 Å². The van der Waals surface area contributed by atoms with E-state index in [0.29, 0.717) is 16.4 Å². The number of nitrogens with two attached hydrogens (primary N) is 1. The molecule has 0 unspecified atom stereocenters. The lowest BCUT2D eigenvalue weighted by atomic mass is 10.1. The highest BCUT2D eigenvalue weighted by Gasteiger charge is 2.05. The van der Waals surface area contributed by atoms with Crippen LogP contribution in [0.5, 0.6) is 0 Å². The van der Waals surface area contributed by atoms with Crippen LogP contribution in [-0.2, 0) is 0 Å². The van der Waals surface area contributed by atoms with Crippen molar-refractivity contribution in [2.24, 2.45) is 0 Å². The Kier molecular flexibility index (Phi) is 2.04. The first kappa shape index (κ1) is 9.21. The molecule has 2 N–H and O–H groups in total. The molecule has 0 aliphatic heterocycles.